The smallest absolute Gasteiger partial charge is 0.251 e. The maximum Gasteiger partial charge on any atom is 0.251 e. The molecule has 0 unspecified atom stereocenters. The Morgan fingerprint density at radius 3 is 2.29 bits per heavy atom. The molecule has 0 fully saturated rings. The molecule has 3 nitrogen and oxygen atoms in total. The van der Waals surface area contributed by atoms with E-state index in [1.807, 2.05) is 93.0 Å². The second-order valence-electron chi connectivity index (χ2n) is 7.12. The lowest BCUT2D eigenvalue weighted by atomic mass is 10.0. The highest BCUT2D eigenvalue weighted by molar-refractivity contribution is 6.30. The van der Waals surface area contributed by atoms with Crippen LogP contribution in [0.2, 0.25) is 5.02 Å². The number of nitrogens with zero attached hydrogens (tertiary/aromatic N) is 1. The molecule has 0 spiro atoms. The van der Waals surface area contributed by atoms with Crippen molar-refractivity contribution in [2.24, 2.45) is 0 Å². The topological polar surface area (TPSA) is 32.3 Å². The Bertz CT molecular complexity index is 907. The van der Waals surface area contributed by atoms with Gasteiger partial charge in [-0.05, 0) is 68.0 Å². The van der Waals surface area contributed by atoms with Gasteiger partial charge < -0.3 is 10.2 Å². The minimum Gasteiger partial charge on any atom is -0.345 e. The fourth-order valence-electron chi connectivity index (χ4n) is 3.12. The molecule has 28 heavy (non-hydrogen) atoms. The molecule has 1 atom stereocenters. The molecule has 0 heterocycles. The van der Waals surface area contributed by atoms with Crippen molar-refractivity contribution in [2.45, 2.75) is 12.5 Å². The molecule has 144 valence electrons. The van der Waals surface area contributed by atoms with Crippen molar-refractivity contribution in [1.29, 1.82) is 0 Å². The van der Waals surface area contributed by atoms with E-state index < -0.39 is 0 Å². The molecule has 3 rings (SSSR count). The Balaban J connectivity index is 1.80. The number of carbonyl (C=O) groups excluding carboxylic acids is 1. The van der Waals surface area contributed by atoms with Gasteiger partial charge in [0.2, 0.25) is 0 Å². The average molecular weight is 393 g/mol. The first-order valence-electron chi connectivity index (χ1n) is 9.39. The molecule has 0 bridgehead atoms. The summed E-state index contributed by atoms with van der Waals surface area (Å²) in [6.45, 7) is 0.873. The summed E-state index contributed by atoms with van der Waals surface area (Å²) >= 11 is 6.03. The fourth-order valence-corrected chi connectivity index (χ4v) is 3.24. The van der Waals surface area contributed by atoms with Crippen molar-refractivity contribution in [3.8, 4) is 11.1 Å². The van der Waals surface area contributed by atoms with Crippen LogP contribution >= 0.6 is 11.6 Å². The molecule has 0 saturated heterocycles. The van der Waals surface area contributed by atoms with Crippen LogP contribution < -0.4 is 5.32 Å². The molecule has 0 radical (unpaired) electrons. The third-order valence-electron chi connectivity index (χ3n) is 4.67. The summed E-state index contributed by atoms with van der Waals surface area (Å²) in [5.74, 6) is -0.0727. The minimum atomic E-state index is -0.0763. The van der Waals surface area contributed by atoms with E-state index >= 15 is 0 Å². The molecule has 0 aliphatic heterocycles. The summed E-state index contributed by atoms with van der Waals surface area (Å²) in [6.07, 6.45) is 0.818. The summed E-state index contributed by atoms with van der Waals surface area (Å²) in [4.78, 5) is 15.1. The van der Waals surface area contributed by atoms with E-state index in [9.17, 15) is 4.79 Å². The van der Waals surface area contributed by atoms with Gasteiger partial charge in [0.15, 0.2) is 0 Å². The Hall–Kier alpha value is -2.62. The first kappa shape index (κ1) is 20.1. The van der Waals surface area contributed by atoms with Gasteiger partial charge in [0.25, 0.3) is 5.91 Å². The summed E-state index contributed by atoms with van der Waals surface area (Å²) in [5.41, 5.74) is 3.84. The quantitative estimate of drug-likeness (QED) is 0.581. The van der Waals surface area contributed by atoms with Crippen molar-refractivity contribution in [2.75, 3.05) is 20.6 Å². The normalized spacial score (nSPS) is 12.0. The van der Waals surface area contributed by atoms with Gasteiger partial charge in [0.1, 0.15) is 0 Å². The van der Waals surface area contributed by atoms with E-state index in [1.54, 1.807) is 0 Å². The van der Waals surface area contributed by atoms with Gasteiger partial charge in [-0.2, -0.15) is 0 Å². The molecule has 1 amide bonds. The van der Waals surface area contributed by atoms with Crippen molar-refractivity contribution in [1.82, 2.24) is 10.2 Å². The first-order valence-corrected chi connectivity index (χ1v) is 9.77. The van der Waals surface area contributed by atoms with Crippen molar-refractivity contribution in [3.63, 3.8) is 0 Å². The molecule has 4 heteroatoms. The van der Waals surface area contributed by atoms with Crippen LogP contribution in [0.4, 0.5) is 0 Å². The summed E-state index contributed by atoms with van der Waals surface area (Å²) in [7, 11) is 4.06. The van der Waals surface area contributed by atoms with E-state index in [-0.39, 0.29) is 11.9 Å². The van der Waals surface area contributed by atoms with E-state index in [0.29, 0.717) is 10.6 Å². The zero-order chi connectivity index (χ0) is 19.9. The van der Waals surface area contributed by atoms with E-state index in [2.05, 4.69) is 10.2 Å². The van der Waals surface area contributed by atoms with Gasteiger partial charge in [0.05, 0.1) is 6.04 Å². The number of halogens is 1. The highest BCUT2D eigenvalue weighted by Crippen LogP contribution is 2.23. The van der Waals surface area contributed by atoms with Crippen molar-refractivity contribution >= 4 is 17.5 Å². The minimum absolute atomic E-state index is 0.0727. The van der Waals surface area contributed by atoms with Crippen LogP contribution in [0, 0.1) is 0 Å². The monoisotopic (exact) mass is 392 g/mol. The number of hydrogen-bond donors (Lipinski definition) is 1. The summed E-state index contributed by atoms with van der Waals surface area (Å²) in [5, 5.41) is 3.89. The lowest BCUT2D eigenvalue weighted by molar-refractivity contribution is 0.0933. The van der Waals surface area contributed by atoms with E-state index in [0.717, 1.165) is 29.7 Å². The second-order valence-corrected chi connectivity index (χ2v) is 7.55. The highest BCUT2D eigenvalue weighted by atomic mass is 35.5. The zero-order valence-electron chi connectivity index (χ0n) is 16.2. The van der Waals surface area contributed by atoms with E-state index in [1.165, 1.54) is 0 Å². The van der Waals surface area contributed by atoms with Crippen LogP contribution in [-0.2, 0) is 0 Å². The molecule has 3 aromatic carbocycles. The van der Waals surface area contributed by atoms with Gasteiger partial charge in [-0.15, -0.1) is 0 Å². The predicted octanol–water partition coefficient (Wildman–Crippen LogP) is 5.43. The summed E-state index contributed by atoms with van der Waals surface area (Å²) < 4.78 is 0. The second kappa shape index (κ2) is 9.54. The van der Waals surface area contributed by atoms with Gasteiger partial charge in [-0.25, -0.2) is 0 Å². The molecule has 3 aromatic rings. The number of benzene rings is 3. The molecular weight excluding hydrogens is 368 g/mol. The van der Waals surface area contributed by atoms with Crippen LogP contribution in [-0.4, -0.2) is 31.4 Å². The standard InChI is InChI=1S/C24H25ClN2O/c1-27(2)16-15-23(19-11-13-22(25)14-12-19)26-24(28)21-10-6-9-20(17-21)18-7-4-3-5-8-18/h3-14,17,23H,15-16H2,1-2H3,(H,26,28)/t23-/m0/s1. The molecule has 0 aliphatic carbocycles. The number of amides is 1. The Morgan fingerprint density at radius 1 is 0.929 bits per heavy atom. The average Bonchev–Trinajstić information content (AvgIpc) is 2.72. The van der Waals surface area contributed by atoms with E-state index in [4.69, 9.17) is 11.6 Å². The van der Waals surface area contributed by atoms with Gasteiger partial charge in [0, 0.05) is 10.6 Å². The molecule has 0 aromatic heterocycles. The molecule has 1 N–H and O–H groups in total. The lowest BCUT2D eigenvalue weighted by Gasteiger charge is -2.21. The van der Waals surface area contributed by atoms with Crippen LogP contribution in [0.3, 0.4) is 0 Å². The molecule has 0 aliphatic rings. The van der Waals surface area contributed by atoms with Gasteiger partial charge in [-0.1, -0.05) is 66.2 Å². The van der Waals surface area contributed by atoms with Crippen LogP contribution in [0.15, 0.2) is 78.9 Å². The van der Waals surface area contributed by atoms with Crippen LogP contribution in [0.5, 0.6) is 0 Å². The maximum atomic E-state index is 13.0. The third-order valence-corrected chi connectivity index (χ3v) is 4.93. The highest BCUT2D eigenvalue weighted by Gasteiger charge is 2.16. The summed E-state index contributed by atoms with van der Waals surface area (Å²) in [6, 6.07) is 25.4. The van der Waals surface area contributed by atoms with Crippen LogP contribution in [0.25, 0.3) is 11.1 Å². The number of rotatable bonds is 7. The van der Waals surface area contributed by atoms with Crippen molar-refractivity contribution < 1.29 is 4.79 Å². The first-order chi connectivity index (χ1) is 13.5. The van der Waals surface area contributed by atoms with Crippen molar-refractivity contribution in [3.05, 3.63) is 95.0 Å². The number of carbonyl (C=O) groups is 1. The Kier molecular flexibility index (Phi) is 6.85. The molecular formula is C24H25ClN2O. The largest absolute Gasteiger partial charge is 0.345 e. The number of nitrogens with one attached hydrogen (secondary N) is 1. The Morgan fingerprint density at radius 2 is 1.61 bits per heavy atom. The predicted molar refractivity (Wildman–Crippen MR) is 117 cm³/mol. The SMILES string of the molecule is CN(C)CC[C@H](NC(=O)c1cccc(-c2ccccc2)c1)c1ccc(Cl)cc1. The van der Waals surface area contributed by atoms with Gasteiger partial charge >= 0.3 is 0 Å². The van der Waals surface area contributed by atoms with Gasteiger partial charge in [-0.3, -0.25) is 4.79 Å². The Labute approximate surface area is 172 Å². The zero-order valence-corrected chi connectivity index (χ0v) is 17.0. The fraction of sp³-hybridized carbons (Fsp3) is 0.208. The number of hydrogen-bond acceptors (Lipinski definition) is 2. The maximum absolute atomic E-state index is 13.0. The third kappa shape index (κ3) is 5.44. The lowest BCUT2D eigenvalue weighted by Crippen LogP contribution is -2.31. The van der Waals surface area contributed by atoms with Crippen LogP contribution in [0.1, 0.15) is 28.4 Å². The molecule has 0 saturated carbocycles.